The van der Waals surface area contributed by atoms with Gasteiger partial charge in [0, 0.05) is 37.6 Å². The largest absolute Gasteiger partial charge is 0.365 e. The average Bonchev–Trinajstić information content (AvgIpc) is 3.32. The number of hydrazine groups is 1. The van der Waals surface area contributed by atoms with Crippen LogP contribution in [0.25, 0.3) is 16.9 Å². The normalized spacial score (nSPS) is 14.8. The Morgan fingerprint density at radius 1 is 1.19 bits per heavy atom. The van der Waals surface area contributed by atoms with Gasteiger partial charge in [0.15, 0.2) is 0 Å². The van der Waals surface area contributed by atoms with E-state index < -0.39 is 5.91 Å². The molecule has 0 radical (unpaired) electrons. The van der Waals surface area contributed by atoms with Crippen molar-refractivity contribution < 1.29 is 4.79 Å². The molecule has 134 valence electrons. The lowest BCUT2D eigenvalue weighted by Gasteiger charge is -2.32. The van der Waals surface area contributed by atoms with Gasteiger partial charge in [-0.2, -0.15) is 0 Å². The molecule has 1 fully saturated rings. The summed E-state index contributed by atoms with van der Waals surface area (Å²) in [6, 6.07) is 11.9. The summed E-state index contributed by atoms with van der Waals surface area (Å²) in [6.07, 6.45) is 6.32. The molecule has 3 aromatic rings. The highest BCUT2D eigenvalue weighted by atomic mass is 16.1. The van der Waals surface area contributed by atoms with Crippen molar-refractivity contribution in [3.05, 3.63) is 54.4 Å². The van der Waals surface area contributed by atoms with E-state index in [1.165, 1.54) is 18.5 Å². The quantitative estimate of drug-likeness (QED) is 0.769. The first-order valence-corrected chi connectivity index (χ1v) is 9.07. The van der Waals surface area contributed by atoms with E-state index >= 15 is 0 Å². The zero-order chi connectivity index (χ0) is 18.1. The lowest BCUT2D eigenvalue weighted by atomic mass is 10.1. The van der Waals surface area contributed by atoms with Crippen molar-refractivity contribution >= 4 is 17.2 Å². The molecule has 0 saturated carbocycles. The van der Waals surface area contributed by atoms with Crippen LogP contribution in [0, 0.1) is 0 Å². The molecule has 0 atom stereocenters. The SMILES string of the molecule is CCN(c1ccc(-c2cn3cccc(C(N)=O)c3n2)cc1)N1CCCC1. The van der Waals surface area contributed by atoms with Crippen LogP contribution in [0.2, 0.25) is 0 Å². The van der Waals surface area contributed by atoms with Gasteiger partial charge in [-0.15, -0.1) is 0 Å². The summed E-state index contributed by atoms with van der Waals surface area (Å²) >= 11 is 0. The fraction of sp³-hybridized carbons (Fsp3) is 0.300. The number of benzene rings is 1. The number of rotatable bonds is 5. The van der Waals surface area contributed by atoms with Crippen molar-refractivity contribution in [3.63, 3.8) is 0 Å². The Bertz CT molecular complexity index is 925. The van der Waals surface area contributed by atoms with Gasteiger partial charge in [0.25, 0.3) is 5.91 Å². The fourth-order valence-corrected chi connectivity index (χ4v) is 3.64. The first-order valence-electron chi connectivity index (χ1n) is 9.07. The summed E-state index contributed by atoms with van der Waals surface area (Å²) in [6.45, 7) is 5.38. The molecular weight excluding hydrogens is 326 g/mol. The highest BCUT2D eigenvalue weighted by molar-refractivity contribution is 5.98. The molecule has 2 N–H and O–H groups in total. The summed E-state index contributed by atoms with van der Waals surface area (Å²) in [5, 5.41) is 4.75. The van der Waals surface area contributed by atoms with Crippen LogP contribution in [0.1, 0.15) is 30.1 Å². The Balaban J connectivity index is 1.65. The van der Waals surface area contributed by atoms with Gasteiger partial charge in [0.1, 0.15) is 5.65 Å². The molecule has 0 bridgehead atoms. The summed E-state index contributed by atoms with van der Waals surface area (Å²) in [5.74, 6) is -0.465. The summed E-state index contributed by atoms with van der Waals surface area (Å²) in [7, 11) is 0. The van der Waals surface area contributed by atoms with Gasteiger partial charge in [-0.3, -0.25) is 4.79 Å². The lowest BCUT2D eigenvalue weighted by Crippen LogP contribution is -2.40. The number of hydrogen-bond donors (Lipinski definition) is 1. The molecule has 3 heterocycles. The topological polar surface area (TPSA) is 66.9 Å². The van der Waals surface area contributed by atoms with Crippen LogP contribution in [0.5, 0.6) is 0 Å². The van der Waals surface area contributed by atoms with Gasteiger partial charge in [0.2, 0.25) is 0 Å². The molecule has 6 nitrogen and oxygen atoms in total. The smallest absolute Gasteiger partial charge is 0.252 e. The van der Waals surface area contributed by atoms with Gasteiger partial charge in [0.05, 0.1) is 16.9 Å². The van der Waals surface area contributed by atoms with Crippen molar-refractivity contribution in [2.24, 2.45) is 5.73 Å². The van der Waals surface area contributed by atoms with Crippen LogP contribution < -0.4 is 10.7 Å². The molecule has 0 aliphatic carbocycles. The Hall–Kier alpha value is -2.86. The molecule has 1 saturated heterocycles. The number of fused-ring (bicyclic) bond motifs is 1. The standard InChI is InChI=1S/C20H23N5O/c1-2-25(24-12-3-4-13-24)16-9-7-15(8-10-16)18-14-23-11-5-6-17(19(21)26)20(23)22-18/h5-11,14H,2-4,12-13H2,1H3,(H2,21,26). The summed E-state index contributed by atoms with van der Waals surface area (Å²) in [5.41, 5.74) is 9.52. The van der Waals surface area contributed by atoms with E-state index in [0.717, 1.165) is 30.9 Å². The third kappa shape index (κ3) is 2.93. The lowest BCUT2D eigenvalue weighted by molar-refractivity contribution is 0.100. The van der Waals surface area contributed by atoms with Crippen molar-refractivity contribution in [3.8, 4) is 11.3 Å². The maximum absolute atomic E-state index is 11.6. The Morgan fingerprint density at radius 3 is 2.58 bits per heavy atom. The molecule has 1 amide bonds. The van der Waals surface area contributed by atoms with Gasteiger partial charge in [-0.05, 0) is 44.0 Å². The molecule has 26 heavy (non-hydrogen) atoms. The van der Waals surface area contributed by atoms with Crippen molar-refractivity contribution in [1.82, 2.24) is 14.4 Å². The van der Waals surface area contributed by atoms with Gasteiger partial charge in [-0.25, -0.2) is 9.99 Å². The Kier molecular flexibility index (Phi) is 4.34. The number of amides is 1. The molecule has 6 heteroatoms. The summed E-state index contributed by atoms with van der Waals surface area (Å²) in [4.78, 5) is 16.2. The van der Waals surface area contributed by atoms with Gasteiger partial charge < -0.3 is 15.1 Å². The van der Waals surface area contributed by atoms with Crippen LogP contribution in [-0.4, -0.2) is 39.9 Å². The predicted molar refractivity (Wildman–Crippen MR) is 103 cm³/mol. The van der Waals surface area contributed by atoms with Gasteiger partial charge >= 0.3 is 0 Å². The van der Waals surface area contributed by atoms with Crippen LogP contribution in [0.15, 0.2) is 48.8 Å². The number of hydrogen-bond acceptors (Lipinski definition) is 4. The molecule has 0 unspecified atom stereocenters. The zero-order valence-corrected chi connectivity index (χ0v) is 14.9. The number of nitrogens with two attached hydrogens (primary N) is 1. The van der Waals surface area contributed by atoms with Crippen LogP contribution >= 0.6 is 0 Å². The van der Waals surface area contributed by atoms with Crippen LogP contribution in [0.3, 0.4) is 0 Å². The van der Waals surface area contributed by atoms with E-state index in [-0.39, 0.29) is 0 Å². The van der Waals surface area contributed by atoms with E-state index in [2.05, 4.69) is 46.2 Å². The van der Waals surface area contributed by atoms with E-state index in [0.29, 0.717) is 11.2 Å². The number of pyridine rings is 1. The average molecular weight is 349 g/mol. The maximum atomic E-state index is 11.6. The number of imidazole rings is 1. The molecule has 1 aliphatic heterocycles. The molecule has 2 aromatic heterocycles. The number of primary amides is 1. The molecular formula is C20H23N5O. The molecule has 1 aliphatic rings. The second-order valence-corrected chi connectivity index (χ2v) is 6.57. The van der Waals surface area contributed by atoms with Crippen molar-refractivity contribution in [2.45, 2.75) is 19.8 Å². The number of aromatic nitrogens is 2. The molecule has 4 rings (SSSR count). The minimum absolute atomic E-state index is 0.432. The number of carbonyl (C=O) groups excluding carboxylic acids is 1. The second-order valence-electron chi connectivity index (χ2n) is 6.57. The van der Waals surface area contributed by atoms with E-state index in [1.54, 1.807) is 12.1 Å². The number of nitrogens with zero attached hydrogens (tertiary/aromatic N) is 4. The van der Waals surface area contributed by atoms with Crippen LogP contribution in [0.4, 0.5) is 5.69 Å². The third-order valence-electron chi connectivity index (χ3n) is 4.93. The van der Waals surface area contributed by atoms with Crippen molar-refractivity contribution in [2.75, 3.05) is 24.6 Å². The van der Waals surface area contributed by atoms with E-state index in [1.807, 2.05) is 16.8 Å². The highest BCUT2D eigenvalue weighted by Crippen LogP contribution is 2.26. The molecule has 1 aromatic carbocycles. The fourth-order valence-electron chi connectivity index (χ4n) is 3.64. The van der Waals surface area contributed by atoms with Gasteiger partial charge in [-0.1, -0.05) is 12.1 Å². The molecule has 0 spiro atoms. The van der Waals surface area contributed by atoms with Crippen molar-refractivity contribution in [1.29, 1.82) is 0 Å². The third-order valence-corrected chi connectivity index (χ3v) is 4.93. The second kappa shape index (κ2) is 6.80. The zero-order valence-electron chi connectivity index (χ0n) is 14.9. The minimum atomic E-state index is -0.465. The van der Waals surface area contributed by atoms with E-state index in [4.69, 9.17) is 5.73 Å². The summed E-state index contributed by atoms with van der Waals surface area (Å²) < 4.78 is 1.84. The van der Waals surface area contributed by atoms with Crippen LogP contribution in [-0.2, 0) is 0 Å². The number of carbonyl (C=O) groups is 1. The first-order chi connectivity index (χ1) is 12.7. The first kappa shape index (κ1) is 16.6. The predicted octanol–water partition coefficient (Wildman–Crippen LogP) is 2.94. The number of anilines is 1. The highest BCUT2D eigenvalue weighted by Gasteiger charge is 2.19. The maximum Gasteiger partial charge on any atom is 0.252 e. The Morgan fingerprint density at radius 2 is 1.92 bits per heavy atom. The Labute approximate surface area is 152 Å². The van der Waals surface area contributed by atoms with E-state index in [9.17, 15) is 4.79 Å². The minimum Gasteiger partial charge on any atom is -0.365 e. The monoisotopic (exact) mass is 349 g/mol.